The molecule has 1 saturated heterocycles. The number of rotatable bonds is 2. The molecule has 3 rings (SSSR count). The maximum atomic E-state index is 10.8. The minimum absolute atomic E-state index is 0.750. The summed E-state index contributed by atoms with van der Waals surface area (Å²) in [7, 11) is 0. The Labute approximate surface area is 109 Å². The maximum Gasteiger partial charge on any atom is 0.150 e. The molecule has 2 fully saturated rings. The van der Waals surface area contributed by atoms with Crippen LogP contribution in [-0.2, 0) is 0 Å². The van der Waals surface area contributed by atoms with Gasteiger partial charge in [-0.25, -0.2) is 0 Å². The van der Waals surface area contributed by atoms with Gasteiger partial charge in [-0.2, -0.15) is 0 Å². The molecule has 1 aliphatic heterocycles. The number of anilines is 1. The molecule has 1 heterocycles. The summed E-state index contributed by atoms with van der Waals surface area (Å²) in [4.78, 5) is 13.4. The molecule has 2 nitrogen and oxygen atoms in total. The molecule has 2 atom stereocenters. The summed E-state index contributed by atoms with van der Waals surface area (Å²) in [5.74, 6) is 0.906. The number of hydrogen-bond acceptors (Lipinski definition) is 2. The van der Waals surface area contributed by atoms with E-state index in [4.69, 9.17) is 0 Å². The molecule has 0 amide bonds. The van der Waals surface area contributed by atoms with Gasteiger partial charge in [0, 0.05) is 23.8 Å². The van der Waals surface area contributed by atoms with Crippen LogP contribution in [0.1, 0.15) is 48.0 Å². The third-order valence-electron chi connectivity index (χ3n) is 4.68. The lowest BCUT2D eigenvalue weighted by Crippen LogP contribution is -2.35. The first kappa shape index (κ1) is 11.8. The van der Waals surface area contributed by atoms with Gasteiger partial charge in [0.15, 0.2) is 0 Å². The van der Waals surface area contributed by atoms with Crippen molar-refractivity contribution < 1.29 is 4.79 Å². The smallest absolute Gasteiger partial charge is 0.150 e. The summed E-state index contributed by atoms with van der Waals surface area (Å²) in [6, 6.07) is 6.85. The molecule has 18 heavy (non-hydrogen) atoms. The van der Waals surface area contributed by atoms with Crippen LogP contribution in [0.3, 0.4) is 0 Å². The first-order valence-corrected chi connectivity index (χ1v) is 7.12. The van der Waals surface area contributed by atoms with Crippen LogP contribution < -0.4 is 4.90 Å². The number of benzene rings is 1. The van der Waals surface area contributed by atoms with Crippen LogP contribution >= 0.6 is 0 Å². The van der Waals surface area contributed by atoms with Gasteiger partial charge in [-0.3, -0.25) is 4.79 Å². The topological polar surface area (TPSA) is 20.3 Å². The Morgan fingerprint density at radius 3 is 2.83 bits per heavy atom. The summed E-state index contributed by atoms with van der Waals surface area (Å²) >= 11 is 0. The fourth-order valence-electron chi connectivity index (χ4n) is 3.78. The molecule has 0 aromatic heterocycles. The van der Waals surface area contributed by atoms with E-state index in [0.29, 0.717) is 0 Å². The summed E-state index contributed by atoms with van der Waals surface area (Å²) in [6.07, 6.45) is 7.83. The Bertz CT molecular complexity index is 454. The van der Waals surface area contributed by atoms with Gasteiger partial charge >= 0.3 is 0 Å². The first-order chi connectivity index (χ1) is 8.79. The van der Waals surface area contributed by atoms with Crippen molar-refractivity contribution in [1.29, 1.82) is 0 Å². The third kappa shape index (κ3) is 1.94. The van der Waals surface area contributed by atoms with E-state index in [-0.39, 0.29) is 0 Å². The fourth-order valence-corrected chi connectivity index (χ4v) is 3.78. The summed E-state index contributed by atoms with van der Waals surface area (Å²) in [6.45, 7) is 3.31. The van der Waals surface area contributed by atoms with E-state index in [0.717, 1.165) is 23.8 Å². The zero-order valence-corrected chi connectivity index (χ0v) is 11.1. The van der Waals surface area contributed by atoms with Crippen molar-refractivity contribution in [2.45, 2.75) is 45.1 Å². The average molecular weight is 243 g/mol. The van der Waals surface area contributed by atoms with Crippen LogP contribution in [0.25, 0.3) is 0 Å². The zero-order valence-electron chi connectivity index (χ0n) is 11.1. The van der Waals surface area contributed by atoms with Crippen molar-refractivity contribution in [2.75, 3.05) is 11.4 Å². The van der Waals surface area contributed by atoms with Gasteiger partial charge in [0.25, 0.3) is 0 Å². The van der Waals surface area contributed by atoms with Crippen LogP contribution in [0.4, 0.5) is 5.69 Å². The van der Waals surface area contributed by atoms with Gasteiger partial charge in [-0.1, -0.05) is 12.8 Å². The monoisotopic (exact) mass is 243 g/mol. The quantitative estimate of drug-likeness (QED) is 0.740. The molecule has 2 aliphatic rings. The van der Waals surface area contributed by atoms with E-state index in [2.05, 4.69) is 17.9 Å². The molecule has 2 heteroatoms. The largest absolute Gasteiger partial charge is 0.368 e. The van der Waals surface area contributed by atoms with Gasteiger partial charge in [0.1, 0.15) is 6.29 Å². The lowest BCUT2D eigenvalue weighted by Gasteiger charge is -2.34. The van der Waals surface area contributed by atoms with E-state index >= 15 is 0 Å². The molecule has 1 aromatic rings. The Morgan fingerprint density at radius 2 is 2.06 bits per heavy atom. The van der Waals surface area contributed by atoms with Crippen molar-refractivity contribution >= 4 is 12.0 Å². The number of nitrogens with zero attached hydrogens (tertiary/aromatic N) is 1. The molecular formula is C16H21NO. The predicted octanol–water partition coefficient (Wildman–Crippen LogP) is 3.58. The van der Waals surface area contributed by atoms with Gasteiger partial charge in [-0.05, 0) is 55.9 Å². The van der Waals surface area contributed by atoms with E-state index in [9.17, 15) is 4.79 Å². The molecule has 1 aliphatic carbocycles. The second-order valence-corrected chi connectivity index (χ2v) is 5.76. The molecule has 0 bridgehead atoms. The Balaban J connectivity index is 1.88. The van der Waals surface area contributed by atoms with E-state index in [1.54, 1.807) is 0 Å². The van der Waals surface area contributed by atoms with Crippen LogP contribution in [0.5, 0.6) is 0 Å². The number of carbonyl (C=O) groups is 1. The summed E-state index contributed by atoms with van der Waals surface area (Å²) < 4.78 is 0. The van der Waals surface area contributed by atoms with Crippen molar-refractivity contribution in [3.63, 3.8) is 0 Å². The van der Waals surface area contributed by atoms with Crippen LogP contribution in [0, 0.1) is 12.8 Å². The summed E-state index contributed by atoms with van der Waals surface area (Å²) in [5.41, 5.74) is 3.37. The van der Waals surface area contributed by atoms with Gasteiger partial charge in [0.05, 0.1) is 0 Å². The molecule has 0 N–H and O–H groups in total. The number of aldehydes is 1. The Hall–Kier alpha value is -1.31. The average Bonchev–Trinajstić information content (AvgIpc) is 2.82. The third-order valence-corrected chi connectivity index (χ3v) is 4.68. The van der Waals surface area contributed by atoms with E-state index in [1.165, 1.54) is 49.9 Å². The number of hydrogen-bond donors (Lipinski definition) is 0. The first-order valence-electron chi connectivity index (χ1n) is 7.12. The highest BCUT2D eigenvalue weighted by molar-refractivity contribution is 5.77. The van der Waals surface area contributed by atoms with Gasteiger partial charge < -0.3 is 4.90 Å². The number of aryl methyl sites for hydroxylation is 1. The lowest BCUT2D eigenvalue weighted by molar-refractivity contribution is 0.112. The van der Waals surface area contributed by atoms with Crippen LogP contribution in [0.2, 0.25) is 0 Å². The molecule has 0 spiro atoms. The van der Waals surface area contributed by atoms with Gasteiger partial charge in [0.2, 0.25) is 0 Å². The number of fused-ring (bicyclic) bond motifs is 1. The predicted molar refractivity (Wildman–Crippen MR) is 74.3 cm³/mol. The standard InChI is InChI=1S/C16H21NO/c1-12-10-13(11-18)6-7-15(12)17-9-8-14-4-2-3-5-16(14)17/h6-7,10-11,14,16H,2-5,8-9H2,1H3. The van der Waals surface area contributed by atoms with Crippen LogP contribution in [0.15, 0.2) is 18.2 Å². The lowest BCUT2D eigenvalue weighted by atomic mass is 9.85. The minimum Gasteiger partial charge on any atom is -0.368 e. The molecule has 96 valence electrons. The maximum absolute atomic E-state index is 10.8. The fraction of sp³-hybridized carbons (Fsp3) is 0.562. The SMILES string of the molecule is Cc1cc(C=O)ccc1N1CCC2CCCCC21. The highest BCUT2D eigenvalue weighted by Crippen LogP contribution is 2.39. The minimum atomic E-state index is 0.750. The van der Waals surface area contributed by atoms with Crippen molar-refractivity contribution in [3.8, 4) is 0 Å². The Kier molecular flexibility index (Phi) is 3.11. The van der Waals surface area contributed by atoms with Crippen LogP contribution in [-0.4, -0.2) is 18.9 Å². The second kappa shape index (κ2) is 4.75. The molecule has 1 aromatic carbocycles. The molecule has 2 unspecified atom stereocenters. The highest BCUT2D eigenvalue weighted by atomic mass is 16.1. The second-order valence-electron chi connectivity index (χ2n) is 5.76. The number of carbonyl (C=O) groups excluding carboxylic acids is 1. The summed E-state index contributed by atoms with van der Waals surface area (Å²) in [5, 5.41) is 0. The zero-order chi connectivity index (χ0) is 12.5. The highest BCUT2D eigenvalue weighted by Gasteiger charge is 2.36. The van der Waals surface area contributed by atoms with Crippen molar-refractivity contribution in [3.05, 3.63) is 29.3 Å². The molecular weight excluding hydrogens is 222 g/mol. The Morgan fingerprint density at radius 1 is 1.22 bits per heavy atom. The van der Waals surface area contributed by atoms with Gasteiger partial charge in [-0.15, -0.1) is 0 Å². The van der Waals surface area contributed by atoms with E-state index in [1.807, 2.05) is 12.1 Å². The molecule has 0 radical (unpaired) electrons. The normalized spacial score (nSPS) is 27.1. The van der Waals surface area contributed by atoms with Crippen molar-refractivity contribution in [2.24, 2.45) is 5.92 Å². The van der Waals surface area contributed by atoms with E-state index < -0.39 is 0 Å². The van der Waals surface area contributed by atoms with Crippen molar-refractivity contribution in [1.82, 2.24) is 0 Å². The molecule has 1 saturated carbocycles.